The van der Waals surface area contributed by atoms with Gasteiger partial charge in [0.15, 0.2) is 0 Å². The van der Waals surface area contributed by atoms with Crippen molar-refractivity contribution >= 4 is 0 Å². The summed E-state index contributed by atoms with van der Waals surface area (Å²) in [7, 11) is 0. The molecular formula is C16H16F2O. The van der Waals surface area contributed by atoms with E-state index in [1.54, 1.807) is 43.3 Å². The molecule has 3 heteroatoms. The summed E-state index contributed by atoms with van der Waals surface area (Å²) in [6, 6.07) is 12.3. The zero-order chi connectivity index (χ0) is 13.9. The lowest BCUT2D eigenvalue weighted by Gasteiger charge is -2.28. The molecule has 19 heavy (non-hydrogen) atoms. The highest BCUT2D eigenvalue weighted by atomic mass is 19.1. The van der Waals surface area contributed by atoms with Crippen LogP contribution < -0.4 is 0 Å². The maximum Gasteiger partial charge on any atom is 0.129 e. The van der Waals surface area contributed by atoms with E-state index in [0.717, 1.165) is 0 Å². The molecule has 0 aliphatic carbocycles. The Morgan fingerprint density at radius 3 is 2.11 bits per heavy atom. The van der Waals surface area contributed by atoms with Crippen molar-refractivity contribution < 1.29 is 13.9 Å². The highest BCUT2D eigenvalue weighted by Gasteiger charge is 2.31. The third-order valence-electron chi connectivity index (χ3n) is 3.40. The van der Waals surface area contributed by atoms with Crippen LogP contribution in [0.2, 0.25) is 0 Å². The maximum absolute atomic E-state index is 13.8. The van der Waals surface area contributed by atoms with Crippen molar-refractivity contribution in [3.05, 3.63) is 71.3 Å². The largest absolute Gasteiger partial charge is 0.385 e. The van der Waals surface area contributed by atoms with E-state index in [1.165, 1.54) is 12.1 Å². The average molecular weight is 262 g/mol. The minimum absolute atomic E-state index is 0.0527. The molecular weight excluding hydrogens is 246 g/mol. The van der Waals surface area contributed by atoms with Crippen molar-refractivity contribution in [1.82, 2.24) is 0 Å². The predicted octanol–water partition coefficient (Wildman–Crippen LogP) is 3.81. The third-order valence-corrected chi connectivity index (χ3v) is 3.40. The third kappa shape index (κ3) is 2.82. The van der Waals surface area contributed by atoms with Crippen LogP contribution in [0.15, 0.2) is 48.5 Å². The van der Waals surface area contributed by atoms with Crippen LogP contribution in [0, 0.1) is 11.6 Å². The van der Waals surface area contributed by atoms with E-state index in [2.05, 4.69) is 0 Å². The van der Waals surface area contributed by atoms with Crippen LogP contribution in [0.4, 0.5) is 8.78 Å². The topological polar surface area (TPSA) is 20.2 Å². The van der Waals surface area contributed by atoms with Crippen molar-refractivity contribution in [2.75, 3.05) is 0 Å². The molecule has 0 radical (unpaired) electrons. The molecule has 1 N–H and O–H groups in total. The Balaban J connectivity index is 2.39. The minimum Gasteiger partial charge on any atom is -0.385 e. The van der Waals surface area contributed by atoms with Gasteiger partial charge in [-0.2, -0.15) is 0 Å². The zero-order valence-corrected chi connectivity index (χ0v) is 10.7. The molecule has 0 aliphatic rings. The Bertz CT molecular complexity index is 568. The molecule has 1 nitrogen and oxygen atoms in total. The van der Waals surface area contributed by atoms with Crippen LogP contribution in [0.5, 0.6) is 0 Å². The lowest BCUT2D eigenvalue weighted by atomic mass is 9.84. The fourth-order valence-corrected chi connectivity index (χ4v) is 2.21. The second-order valence-corrected chi connectivity index (χ2v) is 4.63. The van der Waals surface area contributed by atoms with Crippen molar-refractivity contribution in [2.45, 2.75) is 25.4 Å². The Morgan fingerprint density at radius 2 is 1.53 bits per heavy atom. The van der Waals surface area contributed by atoms with E-state index in [4.69, 9.17) is 0 Å². The summed E-state index contributed by atoms with van der Waals surface area (Å²) in [5.41, 5.74) is -0.802. The summed E-state index contributed by atoms with van der Waals surface area (Å²) in [5, 5.41) is 10.6. The summed E-state index contributed by atoms with van der Waals surface area (Å²) in [5.74, 6) is -0.853. The summed E-state index contributed by atoms with van der Waals surface area (Å²) < 4.78 is 27.5. The Labute approximate surface area is 111 Å². The number of benzene rings is 2. The van der Waals surface area contributed by atoms with Crippen molar-refractivity contribution in [3.8, 4) is 0 Å². The molecule has 0 spiro atoms. The Morgan fingerprint density at radius 1 is 0.947 bits per heavy atom. The average Bonchev–Trinajstić information content (AvgIpc) is 2.42. The molecule has 2 aromatic carbocycles. The van der Waals surface area contributed by atoms with Gasteiger partial charge in [0.1, 0.15) is 11.6 Å². The summed E-state index contributed by atoms with van der Waals surface area (Å²) in [6.07, 6.45) is 0.360. The highest BCUT2D eigenvalue weighted by Crippen LogP contribution is 2.31. The molecule has 2 aromatic rings. The molecule has 2 rings (SSSR count). The monoisotopic (exact) mass is 262 g/mol. The summed E-state index contributed by atoms with van der Waals surface area (Å²) >= 11 is 0. The first-order chi connectivity index (χ1) is 9.07. The Hall–Kier alpha value is -1.74. The number of halogens is 2. The van der Waals surface area contributed by atoms with Gasteiger partial charge in [-0.15, -0.1) is 0 Å². The molecule has 0 amide bonds. The lowest BCUT2D eigenvalue weighted by molar-refractivity contribution is 0.0283. The highest BCUT2D eigenvalue weighted by molar-refractivity contribution is 5.28. The molecule has 0 saturated carbocycles. The Kier molecular flexibility index (Phi) is 3.96. The van der Waals surface area contributed by atoms with Gasteiger partial charge in [-0.3, -0.25) is 0 Å². The van der Waals surface area contributed by atoms with E-state index in [0.29, 0.717) is 12.0 Å². The molecule has 0 heterocycles. The van der Waals surface area contributed by atoms with Gasteiger partial charge >= 0.3 is 0 Å². The van der Waals surface area contributed by atoms with Gasteiger partial charge in [-0.05, 0) is 24.1 Å². The number of rotatable bonds is 4. The van der Waals surface area contributed by atoms with Gasteiger partial charge in [0.25, 0.3) is 0 Å². The standard InChI is InChI=1S/C16H16F2O/c1-2-16(19,13-8-4-6-10-15(13)18)11-12-7-3-5-9-14(12)17/h3-10,19H,2,11H2,1H3. The molecule has 0 fully saturated rings. The van der Waals surface area contributed by atoms with E-state index >= 15 is 0 Å². The number of hydrogen-bond acceptors (Lipinski definition) is 1. The smallest absolute Gasteiger partial charge is 0.129 e. The van der Waals surface area contributed by atoms with Gasteiger partial charge < -0.3 is 5.11 Å². The fraction of sp³-hybridized carbons (Fsp3) is 0.250. The van der Waals surface area contributed by atoms with Gasteiger partial charge in [-0.25, -0.2) is 8.78 Å². The molecule has 0 bridgehead atoms. The number of hydrogen-bond donors (Lipinski definition) is 1. The minimum atomic E-state index is -1.40. The number of aliphatic hydroxyl groups is 1. The van der Waals surface area contributed by atoms with Gasteiger partial charge in [0.2, 0.25) is 0 Å². The van der Waals surface area contributed by atoms with E-state index in [-0.39, 0.29) is 17.8 Å². The van der Waals surface area contributed by atoms with Gasteiger partial charge in [0.05, 0.1) is 5.60 Å². The summed E-state index contributed by atoms with van der Waals surface area (Å²) in [4.78, 5) is 0. The van der Waals surface area contributed by atoms with Crippen LogP contribution in [-0.4, -0.2) is 5.11 Å². The van der Waals surface area contributed by atoms with E-state index < -0.39 is 11.4 Å². The van der Waals surface area contributed by atoms with Crippen LogP contribution >= 0.6 is 0 Å². The summed E-state index contributed by atoms with van der Waals surface area (Å²) in [6.45, 7) is 1.76. The lowest BCUT2D eigenvalue weighted by Crippen LogP contribution is -2.29. The first-order valence-corrected chi connectivity index (χ1v) is 6.27. The zero-order valence-electron chi connectivity index (χ0n) is 10.7. The van der Waals surface area contributed by atoms with Gasteiger partial charge in [0, 0.05) is 12.0 Å². The first-order valence-electron chi connectivity index (χ1n) is 6.27. The van der Waals surface area contributed by atoms with Crippen LogP contribution in [0.3, 0.4) is 0 Å². The SMILES string of the molecule is CCC(O)(Cc1ccccc1F)c1ccccc1F. The molecule has 0 aliphatic heterocycles. The quantitative estimate of drug-likeness (QED) is 0.888. The first kappa shape index (κ1) is 13.7. The van der Waals surface area contributed by atoms with Crippen LogP contribution in [0.1, 0.15) is 24.5 Å². The molecule has 1 unspecified atom stereocenters. The molecule has 1 atom stereocenters. The molecule has 0 saturated heterocycles. The van der Waals surface area contributed by atoms with Crippen LogP contribution in [-0.2, 0) is 12.0 Å². The second kappa shape index (κ2) is 5.49. The van der Waals surface area contributed by atoms with E-state index in [1.807, 2.05) is 0 Å². The predicted molar refractivity (Wildman–Crippen MR) is 70.7 cm³/mol. The molecule has 0 aromatic heterocycles. The van der Waals surface area contributed by atoms with E-state index in [9.17, 15) is 13.9 Å². The van der Waals surface area contributed by atoms with Crippen molar-refractivity contribution in [2.24, 2.45) is 0 Å². The van der Waals surface area contributed by atoms with Crippen molar-refractivity contribution in [1.29, 1.82) is 0 Å². The molecule has 100 valence electrons. The maximum atomic E-state index is 13.8. The van der Waals surface area contributed by atoms with Crippen LogP contribution in [0.25, 0.3) is 0 Å². The normalized spacial score (nSPS) is 14.1. The fourth-order valence-electron chi connectivity index (χ4n) is 2.21. The second-order valence-electron chi connectivity index (χ2n) is 4.63. The van der Waals surface area contributed by atoms with Crippen molar-refractivity contribution in [3.63, 3.8) is 0 Å². The van der Waals surface area contributed by atoms with Gasteiger partial charge in [-0.1, -0.05) is 43.3 Å².